The number of ether oxygens (including phenoxy) is 1. The lowest BCUT2D eigenvalue weighted by molar-refractivity contribution is -0.0372. The van der Waals surface area contributed by atoms with Crippen LogP contribution in [0.3, 0.4) is 0 Å². The van der Waals surface area contributed by atoms with Crippen molar-refractivity contribution in [2.24, 2.45) is 5.41 Å². The van der Waals surface area contributed by atoms with Gasteiger partial charge >= 0.3 is 12.4 Å². The molecule has 26 heavy (non-hydrogen) atoms. The summed E-state index contributed by atoms with van der Waals surface area (Å²) >= 11 is 5.10. The minimum Gasteiger partial charge on any atom is -0.352 e. The highest BCUT2D eigenvalue weighted by molar-refractivity contribution is 8.07. The molecular formula is C16H27N2O6PS. The van der Waals surface area contributed by atoms with Gasteiger partial charge in [0.05, 0.1) is 18.3 Å². The van der Waals surface area contributed by atoms with Gasteiger partial charge in [-0.05, 0) is 37.5 Å². The largest absolute Gasteiger partial charge is 0.352 e. The van der Waals surface area contributed by atoms with E-state index in [0.717, 1.165) is 0 Å². The Morgan fingerprint density at radius 2 is 2.12 bits per heavy atom. The molecule has 1 fully saturated rings. The van der Waals surface area contributed by atoms with Gasteiger partial charge in [0.15, 0.2) is 0 Å². The number of hydrogen-bond donors (Lipinski definition) is 2. The van der Waals surface area contributed by atoms with Gasteiger partial charge in [0, 0.05) is 18.7 Å². The highest BCUT2D eigenvalue weighted by Crippen LogP contribution is 2.50. The molecule has 0 amide bonds. The van der Waals surface area contributed by atoms with E-state index >= 15 is 0 Å². The van der Waals surface area contributed by atoms with Crippen LogP contribution in [-0.4, -0.2) is 32.8 Å². The van der Waals surface area contributed by atoms with Crippen LogP contribution in [0.5, 0.6) is 0 Å². The fourth-order valence-corrected chi connectivity index (χ4v) is 4.88. The first-order valence-electron chi connectivity index (χ1n) is 8.53. The Bertz CT molecular complexity index is 784. The van der Waals surface area contributed by atoms with Crippen LogP contribution < -0.4 is 11.2 Å². The van der Waals surface area contributed by atoms with Crippen molar-refractivity contribution in [3.8, 4) is 0 Å². The number of rotatable bonds is 6. The Morgan fingerprint density at radius 1 is 1.46 bits per heavy atom. The summed E-state index contributed by atoms with van der Waals surface area (Å²) in [5.41, 5.74) is -1.09. The molecule has 1 unspecified atom stereocenters. The predicted octanol–water partition coefficient (Wildman–Crippen LogP) is 2.29. The van der Waals surface area contributed by atoms with E-state index in [1.165, 1.54) is 16.8 Å². The van der Waals surface area contributed by atoms with E-state index in [1.54, 1.807) is 13.8 Å². The van der Waals surface area contributed by atoms with Gasteiger partial charge in [0.1, 0.15) is 6.23 Å². The molecule has 2 rings (SSSR count). The third-order valence-corrected chi connectivity index (χ3v) is 5.51. The van der Waals surface area contributed by atoms with Crippen LogP contribution in [0.1, 0.15) is 53.7 Å². The van der Waals surface area contributed by atoms with Crippen molar-refractivity contribution in [1.29, 1.82) is 0 Å². The number of aromatic nitrogens is 2. The van der Waals surface area contributed by atoms with Crippen LogP contribution >= 0.6 is 6.72 Å². The fraction of sp³-hybridized carbons (Fsp3) is 0.750. The molecule has 1 saturated heterocycles. The van der Waals surface area contributed by atoms with Gasteiger partial charge in [0.2, 0.25) is 0 Å². The number of hydrogen-bond acceptors (Lipinski definition) is 6. The smallest absolute Gasteiger partial charge is 0.330 e. The Balaban J connectivity index is 2.25. The molecule has 0 aromatic carbocycles. The lowest BCUT2D eigenvalue weighted by atomic mass is 9.87. The summed E-state index contributed by atoms with van der Waals surface area (Å²) in [4.78, 5) is 35.9. The summed E-state index contributed by atoms with van der Waals surface area (Å²) < 4.78 is 18.4. The molecule has 1 aromatic heterocycles. The summed E-state index contributed by atoms with van der Waals surface area (Å²) in [6.45, 7) is 6.29. The van der Waals surface area contributed by atoms with Crippen LogP contribution in [0.15, 0.2) is 21.9 Å². The quantitative estimate of drug-likeness (QED) is 0.699. The van der Waals surface area contributed by atoms with Crippen molar-refractivity contribution in [3.05, 3.63) is 33.1 Å². The predicted molar refractivity (Wildman–Crippen MR) is 102 cm³/mol. The second-order valence-electron chi connectivity index (χ2n) is 7.91. The van der Waals surface area contributed by atoms with Crippen LogP contribution in [0, 0.1) is 5.41 Å². The van der Waals surface area contributed by atoms with Crippen molar-refractivity contribution < 1.29 is 18.7 Å². The Labute approximate surface area is 157 Å². The second kappa shape index (κ2) is 8.04. The van der Waals surface area contributed by atoms with Crippen molar-refractivity contribution in [2.75, 3.05) is 0 Å². The molecule has 1 aliphatic rings. The SMILES string of the molecule is CC(C)OP(O)(=S)O[C@@H]1C[C@H](n2ccc(=O)[nH]c2=O)O[C@@H]1CC(C)(C)C. The van der Waals surface area contributed by atoms with E-state index in [9.17, 15) is 14.5 Å². The lowest BCUT2D eigenvalue weighted by Crippen LogP contribution is -2.31. The Hall–Kier alpha value is -0.830. The summed E-state index contributed by atoms with van der Waals surface area (Å²) in [6.07, 6.45) is 0.563. The van der Waals surface area contributed by atoms with Gasteiger partial charge in [-0.25, -0.2) is 4.79 Å². The number of aromatic amines is 1. The molecule has 0 spiro atoms. The molecule has 8 nitrogen and oxygen atoms in total. The average molecular weight is 406 g/mol. The first kappa shape index (κ1) is 21.5. The van der Waals surface area contributed by atoms with E-state index in [-0.39, 0.29) is 17.6 Å². The zero-order valence-corrected chi connectivity index (χ0v) is 17.4. The monoisotopic (exact) mass is 406 g/mol. The molecule has 2 heterocycles. The van der Waals surface area contributed by atoms with Gasteiger partial charge < -0.3 is 18.7 Å². The number of nitrogens with one attached hydrogen (secondary N) is 1. The third kappa shape index (κ3) is 6.11. The van der Waals surface area contributed by atoms with Crippen molar-refractivity contribution in [2.45, 2.75) is 72.0 Å². The van der Waals surface area contributed by atoms with E-state index in [2.05, 4.69) is 25.8 Å². The fourth-order valence-electron chi connectivity index (χ4n) is 2.89. The molecule has 1 aromatic rings. The molecule has 148 valence electrons. The zero-order valence-electron chi connectivity index (χ0n) is 15.7. The van der Waals surface area contributed by atoms with Gasteiger partial charge in [-0.3, -0.25) is 14.3 Å². The highest BCUT2D eigenvalue weighted by atomic mass is 32.5. The summed E-state index contributed by atoms with van der Waals surface area (Å²) in [5.74, 6) is 0. The molecule has 10 heteroatoms. The summed E-state index contributed by atoms with van der Waals surface area (Å²) in [5, 5.41) is 0. The number of H-pyrrole nitrogens is 1. The maximum absolute atomic E-state index is 12.1. The third-order valence-electron chi connectivity index (χ3n) is 3.77. The molecule has 0 radical (unpaired) electrons. The molecule has 1 aliphatic heterocycles. The van der Waals surface area contributed by atoms with E-state index < -0.39 is 30.3 Å². The minimum atomic E-state index is -3.43. The van der Waals surface area contributed by atoms with E-state index in [1.807, 2.05) is 0 Å². The summed E-state index contributed by atoms with van der Waals surface area (Å²) in [7, 11) is 0. The van der Waals surface area contributed by atoms with Crippen LogP contribution in [0.25, 0.3) is 0 Å². The van der Waals surface area contributed by atoms with Crippen LogP contribution in [0.4, 0.5) is 0 Å². The molecular weight excluding hydrogens is 379 g/mol. The molecule has 4 atom stereocenters. The maximum Gasteiger partial charge on any atom is 0.330 e. The van der Waals surface area contributed by atoms with Crippen LogP contribution in [0.2, 0.25) is 0 Å². The molecule has 0 bridgehead atoms. The average Bonchev–Trinajstić information content (AvgIpc) is 2.76. The lowest BCUT2D eigenvalue weighted by Gasteiger charge is -2.28. The Morgan fingerprint density at radius 3 is 2.65 bits per heavy atom. The first-order valence-corrected chi connectivity index (χ1v) is 11.1. The van der Waals surface area contributed by atoms with Gasteiger partial charge in [-0.15, -0.1) is 0 Å². The van der Waals surface area contributed by atoms with Gasteiger partial charge in [-0.2, -0.15) is 0 Å². The van der Waals surface area contributed by atoms with E-state index in [0.29, 0.717) is 12.8 Å². The van der Waals surface area contributed by atoms with Gasteiger partial charge in [0.25, 0.3) is 5.56 Å². The first-order chi connectivity index (χ1) is 11.9. The second-order valence-corrected chi connectivity index (χ2v) is 10.7. The van der Waals surface area contributed by atoms with Crippen molar-refractivity contribution >= 4 is 18.5 Å². The van der Waals surface area contributed by atoms with Crippen molar-refractivity contribution in [3.63, 3.8) is 0 Å². The molecule has 0 saturated carbocycles. The van der Waals surface area contributed by atoms with Crippen molar-refractivity contribution in [1.82, 2.24) is 9.55 Å². The Kier molecular flexibility index (Phi) is 6.64. The van der Waals surface area contributed by atoms with Crippen LogP contribution in [-0.2, 0) is 25.6 Å². The number of nitrogens with zero attached hydrogens (tertiary/aromatic N) is 1. The molecule has 2 N–H and O–H groups in total. The standard InChI is InChI=1S/C16H27N2O6PS/c1-10(2)23-25(21,26)24-11-8-14(22-12(11)9-16(3,4)5)18-7-6-13(19)17-15(18)20/h6-7,10-12,14H,8-9H2,1-5H3,(H,21,26)(H,17,19,20)/t11-,12-,14-,25?/m1/s1. The van der Waals surface area contributed by atoms with E-state index in [4.69, 9.17) is 25.6 Å². The molecule has 0 aliphatic carbocycles. The minimum absolute atomic E-state index is 0.0615. The zero-order chi connectivity index (χ0) is 19.7. The normalized spacial score (nSPS) is 26.2. The topological polar surface area (TPSA) is 103 Å². The summed E-state index contributed by atoms with van der Waals surface area (Å²) in [6, 6.07) is 1.26. The maximum atomic E-state index is 12.1. The highest BCUT2D eigenvalue weighted by Gasteiger charge is 2.42. The van der Waals surface area contributed by atoms with Gasteiger partial charge in [-0.1, -0.05) is 20.8 Å².